The number of furan rings is 1. The highest BCUT2D eigenvalue weighted by Crippen LogP contribution is 2.46. The van der Waals surface area contributed by atoms with E-state index in [0.29, 0.717) is 5.76 Å². The molecular formula is C16H22N2O2. The average molecular weight is 274 g/mol. The fourth-order valence-corrected chi connectivity index (χ4v) is 4.47. The summed E-state index contributed by atoms with van der Waals surface area (Å²) in [5.74, 6) is 2.45. The number of fused-ring (bicyclic) bond motifs is 2. The van der Waals surface area contributed by atoms with Crippen molar-refractivity contribution in [1.82, 2.24) is 9.80 Å². The lowest BCUT2D eigenvalue weighted by atomic mass is 9.93. The van der Waals surface area contributed by atoms with Crippen LogP contribution in [0.15, 0.2) is 22.8 Å². The lowest BCUT2D eigenvalue weighted by Crippen LogP contribution is -2.53. The lowest BCUT2D eigenvalue weighted by molar-refractivity contribution is 0.0471. The Kier molecular flexibility index (Phi) is 3.06. The van der Waals surface area contributed by atoms with Gasteiger partial charge in [-0.2, -0.15) is 0 Å². The topological polar surface area (TPSA) is 36.7 Å². The van der Waals surface area contributed by atoms with E-state index >= 15 is 0 Å². The van der Waals surface area contributed by atoms with Gasteiger partial charge in [0.1, 0.15) is 0 Å². The molecule has 4 heteroatoms. The molecule has 0 radical (unpaired) electrons. The van der Waals surface area contributed by atoms with Crippen LogP contribution >= 0.6 is 0 Å². The summed E-state index contributed by atoms with van der Waals surface area (Å²) in [5.41, 5.74) is 0. The number of nitrogens with zero attached hydrogens (tertiary/aromatic N) is 2. The van der Waals surface area contributed by atoms with Crippen LogP contribution in [0.1, 0.15) is 36.2 Å². The van der Waals surface area contributed by atoms with Crippen molar-refractivity contribution in [2.45, 2.75) is 31.7 Å². The van der Waals surface area contributed by atoms with Crippen molar-refractivity contribution in [2.24, 2.45) is 11.8 Å². The first-order valence-corrected chi connectivity index (χ1v) is 7.88. The molecule has 0 aromatic carbocycles. The third-order valence-corrected chi connectivity index (χ3v) is 5.50. The fourth-order valence-electron chi connectivity index (χ4n) is 4.47. The number of hydrogen-bond acceptors (Lipinski definition) is 3. The molecule has 108 valence electrons. The predicted octanol–water partition coefficient (Wildman–Crippen LogP) is 2.23. The Labute approximate surface area is 119 Å². The zero-order valence-corrected chi connectivity index (χ0v) is 11.8. The summed E-state index contributed by atoms with van der Waals surface area (Å²) in [6.07, 6.45) is 7.31. The molecule has 3 fully saturated rings. The van der Waals surface area contributed by atoms with Crippen LogP contribution in [-0.4, -0.2) is 47.9 Å². The minimum atomic E-state index is 0.0441. The quantitative estimate of drug-likeness (QED) is 0.830. The molecule has 1 amide bonds. The van der Waals surface area contributed by atoms with Gasteiger partial charge in [0, 0.05) is 32.2 Å². The van der Waals surface area contributed by atoms with Crippen molar-refractivity contribution in [2.75, 3.05) is 26.2 Å². The van der Waals surface area contributed by atoms with Gasteiger partial charge in [-0.1, -0.05) is 6.42 Å². The Morgan fingerprint density at radius 1 is 1.15 bits per heavy atom. The Balaban J connectivity index is 1.35. The van der Waals surface area contributed by atoms with Gasteiger partial charge < -0.3 is 9.32 Å². The summed E-state index contributed by atoms with van der Waals surface area (Å²) >= 11 is 0. The molecule has 4 rings (SSSR count). The van der Waals surface area contributed by atoms with Crippen LogP contribution in [0, 0.1) is 11.8 Å². The van der Waals surface area contributed by atoms with Crippen molar-refractivity contribution < 1.29 is 9.21 Å². The number of carbonyl (C=O) groups is 1. The highest BCUT2D eigenvalue weighted by atomic mass is 16.3. The maximum atomic E-state index is 12.2. The second-order valence-corrected chi connectivity index (χ2v) is 6.55. The van der Waals surface area contributed by atoms with Gasteiger partial charge in [0.2, 0.25) is 0 Å². The lowest BCUT2D eigenvalue weighted by Gasteiger charge is -2.40. The Hall–Kier alpha value is -1.29. The average Bonchev–Trinajstić information content (AvgIpc) is 3.23. The maximum absolute atomic E-state index is 12.2. The number of amides is 1. The summed E-state index contributed by atoms with van der Waals surface area (Å²) in [4.78, 5) is 16.8. The fraction of sp³-hybridized carbons (Fsp3) is 0.688. The van der Waals surface area contributed by atoms with Crippen LogP contribution in [0.5, 0.6) is 0 Å². The van der Waals surface area contributed by atoms with Crippen molar-refractivity contribution in [1.29, 1.82) is 0 Å². The minimum absolute atomic E-state index is 0.0441. The standard InChI is InChI=1S/C16H22N2O2/c19-16(15-2-1-9-20-15)18-7-5-17(6-8-18)14-11-12-3-4-13(14)10-12/h1-2,9,12-14H,3-8,10-11H2/t12-,13+,14+/m1/s1. The highest BCUT2D eigenvalue weighted by Gasteiger charge is 2.43. The number of hydrogen-bond donors (Lipinski definition) is 0. The van der Waals surface area contributed by atoms with Gasteiger partial charge in [-0.25, -0.2) is 0 Å². The summed E-state index contributed by atoms with van der Waals surface area (Å²) in [6.45, 7) is 3.74. The van der Waals surface area contributed by atoms with Crippen LogP contribution < -0.4 is 0 Å². The van der Waals surface area contributed by atoms with E-state index in [0.717, 1.165) is 44.1 Å². The first-order chi connectivity index (χ1) is 9.81. The van der Waals surface area contributed by atoms with Gasteiger partial charge >= 0.3 is 0 Å². The molecule has 2 aliphatic carbocycles. The normalized spacial score (nSPS) is 33.8. The van der Waals surface area contributed by atoms with E-state index in [1.54, 1.807) is 18.4 Å². The van der Waals surface area contributed by atoms with E-state index in [2.05, 4.69) is 4.90 Å². The molecule has 20 heavy (non-hydrogen) atoms. The molecule has 1 aliphatic heterocycles. The maximum Gasteiger partial charge on any atom is 0.289 e. The van der Waals surface area contributed by atoms with Crippen LogP contribution in [0.25, 0.3) is 0 Å². The van der Waals surface area contributed by atoms with E-state index in [1.807, 2.05) is 4.90 Å². The van der Waals surface area contributed by atoms with Gasteiger partial charge in [-0.05, 0) is 43.2 Å². The molecule has 4 nitrogen and oxygen atoms in total. The molecule has 1 aromatic rings. The molecule has 1 saturated heterocycles. The van der Waals surface area contributed by atoms with Crippen LogP contribution in [0.3, 0.4) is 0 Å². The summed E-state index contributed by atoms with van der Waals surface area (Å²) in [5, 5.41) is 0. The molecule has 3 aliphatic rings. The van der Waals surface area contributed by atoms with Gasteiger partial charge in [-0.3, -0.25) is 9.69 Å². The monoisotopic (exact) mass is 274 g/mol. The van der Waals surface area contributed by atoms with Gasteiger partial charge in [0.05, 0.1) is 6.26 Å². The second-order valence-electron chi connectivity index (χ2n) is 6.55. The van der Waals surface area contributed by atoms with E-state index in [-0.39, 0.29) is 5.91 Å². The Bertz CT molecular complexity index is 477. The highest BCUT2D eigenvalue weighted by molar-refractivity contribution is 5.91. The van der Waals surface area contributed by atoms with Crippen molar-refractivity contribution in [3.05, 3.63) is 24.2 Å². The third-order valence-electron chi connectivity index (χ3n) is 5.50. The molecule has 2 saturated carbocycles. The van der Waals surface area contributed by atoms with E-state index in [4.69, 9.17) is 4.42 Å². The predicted molar refractivity (Wildman–Crippen MR) is 75.4 cm³/mol. The van der Waals surface area contributed by atoms with E-state index in [1.165, 1.54) is 25.7 Å². The van der Waals surface area contributed by atoms with Crippen LogP contribution in [0.2, 0.25) is 0 Å². The van der Waals surface area contributed by atoms with E-state index < -0.39 is 0 Å². The SMILES string of the molecule is O=C(c1ccco1)N1CCN([C@H]2C[C@@H]3CC[C@H]2C3)CC1. The minimum Gasteiger partial charge on any atom is -0.459 e. The molecule has 2 bridgehead atoms. The third kappa shape index (κ3) is 2.06. The van der Waals surface area contributed by atoms with Crippen LogP contribution in [-0.2, 0) is 0 Å². The molecule has 3 atom stereocenters. The van der Waals surface area contributed by atoms with Gasteiger partial charge in [0.15, 0.2) is 5.76 Å². The van der Waals surface area contributed by atoms with Gasteiger partial charge in [0.25, 0.3) is 5.91 Å². The van der Waals surface area contributed by atoms with Crippen molar-refractivity contribution in [3.63, 3.8) is 0 Å². The molecular weight excluding hydrogens is 252 g/mol. The van der Waals surface area contributed by atoms with E-state index in [9.17, 15) is 4.79 Å². The summed E-state index contributed by atoms with van der Waals surface area (Å²) < 4.78 is 5.21. The summed E-state index contributed by atoms with van der Waals surface area (Å²) in [6, 6.07) is 4.33. The zero-order chi connectivity index (χ0) is 13.5. The summed E-state index contributed by atoms with van der Waals surface area (Å²) in [7, 11) is 0. The number of carbonyl (C=O) groups excluding carboxylic acids is 1. The zero-order valence-electron chi connectivity index (χ0n) is 11.8. The first kappa shape index (κ1) is 12.5. The van der Waals surface area contributed by atoms with Crippen molar-refractivity contribution in [3.8, 4) is 0 Å². The smallest absolute Gasteiger partial charge is 0.289 e. The largest absolute Gasteiger partial charge is 0.459 e. The molecule has 0 unspecified atom stereocenters. The first-order valence-electron chi connectivity index (χ1n) is 7.88. The molecule has 1 aromatic heterocycles. The molecule has 0 spiro atoms. The van der Waals surface area contributed by atoms with Crippen molar-refractivity contribution >= 4 is 5.91 Å². The molecule has 2 heterocycles. The number of rotatable bonds is 2. The van der Waals surface area contributed by atoms with Crippen LogP contribution in [0.4, 0.5) is 0 Å². The van der Waals surface area contributed by atoms with Gasteiger partial charge in [-0.15, -0.1) is 0 Å². The Morgan fingerprint density at radius 2 is 2.00 bits per heavy atom. The molecule has 0 N–H and O–H groups in total. The number of piperazine rings is 1. The Morgan fingerprint density at radius 3 is 2.60 bits per heavy atom. The second kappa shape index (κ2) is 4.92.